The Labute approximate surface area is 209 Å². The third-order valence-corrected chi connectivity index (χ3v) is 8.00. The van der Waals surface area contributed by atoms with Gasteiger partial charge in [-0.1, -0.05) is 32.3 Å². The van der Waals surface area contributed by atoms with Crippen molar-refractivity contribution in [3.8, 4) is 5.75 Å². The predicted octanol–water partition coefficient (Wildman–Crippen LogP) is 2.09. The number of hydrogen-bond donors (Lipinski definition) is 5. The number of aliphatic hydroxyl groups excluding tert-OH is 2. The molecule has 36 heavy (non-hydrogen) atoms. The maximum Gasteiger partial charge on any atom is 0.255 e. The summed E-state index contributed by atoms with van der Waals surface area (Å²) >= 11 is 0. The number of phenolic OH excluding ortho intramolecular Hbond substituents is 1. The van der Waals surface area contributed by atoms with E-state index in [0.717, 1.165) is 43.2 Å². The number of aromatic hydroxyl groups is 1. The number of aryl methyl sites for hydroxylation is 1. The van der Waals surface area contributed by atoms with Crippen LogP contribution in [0.4, 0.5) is 0 Å². The van der Waals surface area contributed by atoms with Crippen LogP contribution < -0.4 is 5.73 Å². The highest BCUT2D eigenvalue weighted by molar-refractivity contribution is 6.24. The van der Waals surface area contributed by atoms with Gasteiger partial charge in [0.1, 0.15) is 22.8 Å². The molecule has 9 nitrogen and oxygen atoms in total. The number of Topliss-reactive ketones (excluding diaryl/α,β-unsaturated/α-hetero) is 2. The highest BCUT2D eigenvalue weighted by Gasteiger charge is 2.64. The summed E-state index contributed by atoms with van der Waals surface area (Å²) in [5.41, 5.74) is 3.66. The number of phenols is 1. The van der Waals surface area contributed by atoms with Gasteiger partial charge in [-0.05, 0) is 62.9 Å². The van der Waals surface area contributed by atoms with E-state index in [9.17, 15) is 34.8 Å². The highest BCUT2D eigenvalue weighted by atomic mass is 16.3. The molecule has 6 N–H and O–H groups in total. The number of unbranched alkanes of at least 4 members (excludes halogenated alkanes) is 3. The molecule has 4 atom stereocenters. The first-order valence-corrected chi connectivity index (χ1v) is 12.4. The van der Waals surface area contributed by atoms with Gasteiger partial charge < -0.3 is 26.2 Å². The number of carbonyl (C=O) groups is 3. The molecule has 0 aliphatic heterocycles. The van der Waals surface area contributed by atoms with Gasteiger partial charge >= 0.3 is 0 Å². The standard InChI is InChI=1S/C27H34N2O7/c1-4-5-6-7-8-13-9-10-17(30)19-15(13)11-14-12-16-21(29(2)3)23(32)20(26(28)35)25(34)27(16,36)24(33)18(14)22(19)31/h9-10,14,16,21,30-31,34,36H,4-8,11-12H2,1-3H3,(H2,28,35). The maximum absolute atomic E-state index is 13.8. The van der Waals surface area contributed by atoms with E-state index < -0.39 is 58.0 Å². The lowest BCUT2D eigenvalue weighted by atomic mass is 9.57. The van der Waals surface area contributed by atoms with Crippen molar-refractivity contribution in [2.24, 2.45) is 17.6 Å². The third kappa shape index (κ3) is 3.72. The van der Waals surface area contributed by atoms with Crippen LogP contribution in [0, 0.1) is 11.8 Å². The summed E-state index contributed by atoms with van der Waals surface area (Å²) in [6.45, 7) is 2.13. The number of primary amides is 1. The molecule has 3 aliphatic carbocycles. The van der Waals surface area contributed by atoms with E-state index in [1.807, 2.05) is 6.07 Å². The molecule has 194 valence electrons. The van der Waals surface area contributed by atoms with Crippen molar-refractivity contribution in [2.45, 2.75) is 63.5 Å². The Morgan fingerprint density at radius 3 is 2.44 bits per heavy atom. The van der Waals surface area contributed by atoms with Crippen LogP contribution in [0.3, 0.4) is 0 Å². The lowest BCUT2D eigenvalue weighted by molar-refractivity contribution is -0.153. The van der Waals surface area contributed by atoms with Crippen molar-refractivity contribution in [1.29, 1.82) is 0 Å². The van der Waals surface area contributed by atoms with Crippen LogP contribution in [0.25, 0.3) is 5.76 Å². The SMILES string of the molecule is CCCCCCc1ccc(O)c2c1CC1CC3C(N(C)C)C(=O)C(C(N)=O)=C(O)C3(O)C(=O)C1=C2O. The van der Waals surface area contributed by atoms with Crippen LogP contribution in [-0.4, -0.2) is 68.5 Å². The first-order valence-electron chi connectivity index (χ1n) is 12.4. The second-order valence-electron chi connectivity index (χ2n) is 10.4. The maximum atomic E-state index is 13.8. The number of aliphatic hydroxyl groups is 3. The molecule has 1 saturated carbocycles. The van der Waals surface area contributed by atoms with E-state index >= 15 is 0 Å². The topological polar surface area (TPSA) is 161 Å². The molecule has 4 unspecified atom stereocenters. The van der Waals surface area contributed by atoms with Crippen LogP contribution >= 0.6 is 0 Å². The number of rotatable bonds is 7. The molecule has 0 bridgehead atoms. The number of benzene rings is 1. The summed E-state index contributed by atoms with van der Waals surface area (Å²) in [5, 5.41) is 44.4. The van der Waals surface area contributed by atoms with Gasteiger partial charge in [-0.2, -0.15) is 0 Å². The molecule has 9 heteroatoms. The second-order valence-corrected chi connectivity index (χ2v) is 10.4. The summed E-state index contributed by atoms with van der Waals surface area (Å²) in [5.74, 6) is -6.32. The van der Waals surface area contributed by atoms with E-state index in [2.05, 4.69) is 6.92 Å². The summed E-state index contributed by atoms with van der Waals surface area (Å²) in [4.78, 5) is 40.5. The number of nitrogens with zero attached hydrogens (tertiary/aromatic N) is 1. The molecule has 3 aliphatic rings. The van der Waals surface area contributed by atoms with Gasteiger partial charge in [0.25, 0.3) is 5.91 Å². The third-order valence-electron chi connectivity index (χ3n) is 8.00. The fraction of sp³-hybridized carbons (Fsp3) is 0.519. The molecular formula is C27H34N2O7. The van der Waals surface area contributed by atoms with E-state index in [1.165, 1.54) is 11.0 Å². The summed E-state index contributed by atoms with van der Waals surface area (Å²) in [6.07, 6.45) is 5.37. The van der Waals surface area contributed by atoms with E-state index in [-0.39, 0.29) is 23.3 Å². The number of ketones is 2. The van der Waals surface area contributed by atoms with Crippen LogP contribution in [0.1, 0.15) is 55.7 Å². The molecule has 0 radical (unpaired) electrons. The average Bonchev–Trinajstić information content (AvgIpc) is 2.80. The predicted molar refractivity (Wildman–Crippen MR) is 132 cm³/mol. The second kappa shape index (κ2) is 9.37. The van der Waals surface area contributed by atoms with Gasteiger partial charge in [0.05, 0.1) is 11.6 Å². The Hall–Kier alpha value is -3.17. The first kappa shape index (κ1) is 25.9. The molecule has 0 spiro atoms. The molecule has 0 heterocycles. The highest BCUT2D eigenvalue weighted by Crippen LogP contribution is 2.53. The fourth-order valence-corrected chi connectivity index (χ4v) is 6.28. The van der Waals surface area contributed by atoms with Gasteiger partial charge in [-0.15, -0.1) is 0 Å². The summed E-state index contributed by atoms with van der Waals surface area (Å²) in [6, 6.07) is 2.24. The van der Waals surface area contributed by atoms with E-state index in [4.69, 9.17) is 5.73 Å². The molecule has 0 saturated heterocycles. The molecular weight excluding hydrogens is 464 g/mol. The minimum atomic E-state index is -2.61. The van der Waals surface area contributed by atoms with Crippen molar-refractivity contribution >= 4 is 23.2 Å². The fourth-order valence-electron chi connectivity index (χ4n) is 6.28. The first-order chi connectivity index (χ1) is 17.0. The number of carbonyl (C=O) groups excluding carboxylic acids is 3. The van der Waals surface area contributed by atoms with Crippen molar-refractivity contribution in [1.82, 2.24) is 4.90 Å². The normalized spacial score (nSPS) is 27.8. The molecule has 1 aromatic rings. The average molecular weight is 499 g/mol. The Morgan fingerprint density at radius 1 is 1.14 bits per heavy atom. The van der Waals surface area contributed by atoms with Gasteiger partial charge in [0.2, 0.25) is 5.78 Å². The van der Waals surface area contributed by atoms with Crippen LogP contribution in [0.5, 0.6) is 5.75 Å². The van der Waals surface area contributed by atoms with Crippen LogP contribution in [-0.2, 0) is 27.2 Å². The summed E-state index contributed by atoms with van der Waals surface area (Å²) in [7, 11) is 3.17. The number of fused-ring (bicyclic) bond motifs is 3. The molecule has 1 aromatic carbocycles. The Balaban J connectivity index is 1.86. The zero-order valence-electron chi connectivity index (χ0n) is 20.9. The van der Waals surface area contributed by atoms with E-state index in [1.54, 1.807) is 14.1 Å². The number of hydrogen-bond acceptors (Lipinski definition) is 8. The van der Waals surface area contributed by atoms with Crippen LogP contribution in [0.2, 0.25) is 0 Å². The molecule has 1 fully saturated rings. The smallest absolute Gasteiger partial charge is 0.255 e. The largest absolute Gasteiger partial charge is 0.508 e. The van der Waals surface area contributed by atoms with Crippen molar-refractivity contribution in [3.63, 3.8) is 0 Å². The molecule has 4 rings (SSSR count). The number of likely N-dealkylation sites (N-methyl/N-ethyl adjacent to an activating group) is 1. The zero-order chi connectivity index (χ0) is 26.5. The van der Waals surface area contributed by atoms with Gasteiger partial charge in [0.15, 0.2) is 11.4 Å². The lowest BCUT2D eigenvalue weighted by Gasteiger charge is -2.50. The minimum Gasteiger partial charge on any atom is -0.508 e. The van der Waals surface area contributed by atoms with Gasteiger partial charge in [0, 0.05) is 11.5 Å². The number of nitrogens with two attached hydrogens (primary N) is 1. The summed E-state index contributed by atoms with van der Waals surface area (Å²) < 4.78 is 0. The van der Waals surface area contributed by atoms with Crippen molar-refractivity contribution in [3.05, 3.63) is 45.7 Å². The zero-order valence-corrected chi connectivity index (χ0v) is 20.9. The minimum absolute atomic E-state index is 0.0939. The quantitative estimate of drug-likeness (QED) is 0.282. The van der Waals surface area contributed by atoms with E-state index in [0.29, 0.717) is 6.42 Å². The Kier molecular flexibility index (Phi) is 6.74. The van der Waals surface area contributed by atoms with Crippen molar-refractivity contribution in [2.75, 3.05) is 14.1 Å². The van der Waals surface area contributed by atoms with Crippen LogP contribution in [0.15, 0.2) is 29.0 Å². The molecule has 1 amide bonds. The number of amides is 1. The molecule has 0 aromatic heterocycles. The monoisotopic (exact) mass is 498 g/mol. The van der Waals surface area contributed by atoms with Gasteiger partial charge in [-0.25, -0.2) is 0 Å². The Bertz CT molecular complexity index is 1200. The lowest BCUT2D eigenvalue weighted by Crippen LogP contribution is -2.65. The van der Waals surface area contributed by atoms with Gasteiger partial charge in [-0.3, -0.25) is 19.3 Å². The Morgan fingerprint density at radius 2 is 1.83 bits per heavy atom. The van der Waals surface area contributed by atoms with Crippen molar-refractivity contribution < 1.29 is 34.8 Å².